The summed E-state index contributed by atoms with van der Waals surface area (Å²) < 4.78 is 0.646. The van der Waals surface area contributed by atoms with Gasteiger partial charge in [-0.25, -0.2) is 0 Å². The molecule has 0 spiro atoms. The quantitative estimate of drug-likeness (QED) is 0.304. The van der Waals surface area contributed by atoms with Gasteiger partial charge in [0.15, 0.2) is 4.34 Å². The number of benzene rings is 1. The fourth-order valence-corrected chi connectivity index (χ4v) is 3.37. The van der Waals surface area contributed by atoms with Crippen molar-refractivity contribution in [3.63, 3.8) is 0 Å². The van der Waals surface area contributed by atoms with Crippen LogP contribution in [0.2, 0.25) is 0 Å². The Kier molecular flexibility index (Phi) is 8.14. The molecule has 1 heterocycles. The molecule has 0 atom stereocenters. The average Bonchev–Trinajstić information content (AvgIpc) is 3.07. The van der Waals surface area contributed by atoms with Crippen LogP contribution in [0.15, 0.2) is 40.7 Å². The molecule has 0 aliphatic rings. The zero-order valence-corrected chi connectivity index (χ0v) is 15.5. The van der Waals surface area contributed by atoms with Gasteiger partial charge in [-0.15, -0.1) is 10.2 Å². The standard InChI is InChI=1S/C17H20N4O2S2/c1-2-3-11-18-15(23)12-24-17-21-20-16(25-17)19-14(22)10-9-13-7-5-4-6-8-13/h4-10H,2-3,11-12H2,1H3,(H,18,23)(H,19,20,22)/b10-9+. The smallest absolute Gasteiger partial charge is 0.250 e. The van der Waals surface area contributed by atoms with E-state index in [4.69, 9.17) is 0 Å². The molecule has 0 aliphatic carbocycles. The van der Waals surface area contributed by atoms with Crippen LogP contribution in [0, 0.1) is 0 Å². The van der Waals surface area contributed by atoms with Crippen LogP contribution in [0.25, 0.3) is 6.08 Å². The van der Waals surface area contributed by atoms with E-state index in [9.17, 15) is 9.59 Å². The summed E-state index contributed by atoms with van der Waals surface area (Å²) in [5, 5.41) is 13.8. The highest BCUT2D eigenvalue weighted by molar-refractivity contribution is 8.01. The largest absolute Gasteiger partial charge is 0.355 e. The third kappa shape index (κ3) is 7.49. The summed E-state index contributed by atoms with van der Waals surface area (Å²) in [6, 6.07) is 9.56. The van der Waals surface area contributed by atoms with Gasteiger partial charge in [0.1, 0.15) is 0 Å². The van der Waals surface area contributed by atoms with Crippen LogP contribution in [0.5, 0.6) is 0 Å². The molecule has 2 N–H and O–H groups in total. The number of thioether (sulfide) groups is 1. The van der Waals surface area contributed by atoms with Crippen molar-refractivity contribution in [1.29, 1.82) is 0 Å². The van der Waals surface area contributed by atoms with Crippen LogP contribution in [0.1, 0.15) is 25.3 Å². The second-order valence-corrected chi connectivity index (χ2v) is 7.30. The number of nitrogens with one attached hydrogen (secondary N) is 2. The van der Waals surface area contributed by atoms with Crippen molar-refractivity contribution in [2.45, 2.75) is 24.1 Å². The minimum Gasteiger partial charge on any atom is -0.355 e. The molecule has 132 valence electrons. The van der Waals surface area contributed by atoms with Crippen molar-refractivity contribution in [3.05, 3.63) is 42.0 Å². The Labute approximate surface area is 155 Å². The van der Waals surface area contributed by atoms with Gasteiger partial charge in [0, 0.05) is 12.6 Å². The predicted molar refractivity (Wildman–Crippen MR) is 103 cm³/mol. The molecule has 0 saturated carbocycles. The Hall–Kier alpha value is -2.19. The molecule has 2 amide bonds. The van der Waals surface area contributed by atoms with Gasteiger partial charge in [-0.05, 0) is 18.1 Å². The Morgan fingerprint density at radius 1 is 1.24 bits per heavy atom. The molecular weight excluding hydrogens is 356 g/mol. The van der Waals surface area contributed by atoms with Gasteiger partial charge in [0.2, 0.25) is 16.9 Å². The first kappa shape index (κ1) is 19.1. The van der Waals surface area contributed by atoms with E-state index in [0.717, 1.165) is 18.4 Å². The number of amides is 2. The number of carbonyl (C=O) groups excluding carboxylic acids is 2. The average molecular weight is 377 g/mol. The molecule has 0 bridgehead atoms. The first-order valence-corrected chi connectivity index (χ1v) is 9.74. The van der Waals surface area contributed by atoms with Gasteiger partial charge in [0.05, 0.1) is 5.75 Å². The van der Waals surface area contributed by atoms with E-state index in [1.54, 1.807) is 6.08 Å². The maximum Gasteiger partial charge on any atom is 0.250 e. The number of carbonyl (C=O) groups is 2. The monoisotopic (exact) mass is 376 g/mol. The van der Waals surface area contributed by atoms with Crippen LogP contribution < -0.4 is 10.6 Å². The van der Waals surface area contributed by atoms with Crippen molar-refractivity contribution < 1.29 is 9.59 Å². The molecular formula is C17H20N4O2S2. The van der Waals surface area contributed by atoms with Crippen molar-refractivity contribution in [1.82, 2.24) is 15.5 Å². The lowest BCUT2D eigenvalue weighted by Gasteiger charge is -2.01. The molecule has 25 heavy (non-hydrogen) atoms. The van der Waals surface area contributed by atoms with Crippen molar-refractivity contribution in [2.75, 3.05) is 17.6 Å². The molecule has 0 unspecified atom stereocenters. The SMILES string of the molecule is CCCCNC(=O)CSc1nnc(NC(=O)/C=C/c2ccccc2)s1. The Balaban J connectivity index is 1.76. The number of hydrogen-bond donors (Lipinski definition) is 2. The van der Waals surface area contributed by atoms with Crippen LogP contribution in [0.4, 0.5) is 5.13 Å². The number of nitrogens with zero attached hydrogens (tertiary/aromatic N) is 2. The van der Waals surface area contributed by atoms with Crippen LogP contribution >= 0.6 is 23.1 Å². The van der Waals surface area contributed by atoms with E-state index in [2.05, 4.69) is 27.8 Å². The summed E-state index contributed by atoms with van der Waals surface area (Å²) in [4.78, 5) is 23.5. The second kappa shape index (κ2) is 10.6. The van der Waals surface area contributed by atoms with E-state index >= 15 is 0 Å². The Morgan fingerprint density at radius 2 is 2.04 bits per heavy atom. The van der Waals surface area contributed by atoms with Crippen LogP contribution in [-0.2, 0) is 9.59 Å². The topological polar surface area (TPSA) is 84.0 Å². The van der Waals surface area contributed by atoms with Crippen molar-refractivity contribution >= 4 is 46.1 Å². The van der Waals surface area contributed by atoms with Gasteiger partial charge in [0.25, 0.3) is 0 Å². The predicted octanol–water partition coefficient (Wildman–Crippen LogP) is 3.20. The molecule has 0 fully saturated rings. The first-order valence-electron chi connectivity index (χ1n) is 7.94. The second-order valence-electron chi connectivity index (χ2n) is 5.10. The maximum atomic E-state index is 11.9. The summed E-state index contributed by atoms with van der Waals surface area (Å²) in [7, 11) is 0. The number of unbranched alkanes of at least 4 members (excludes halogenated alkanes) is 1. The van der Waals surface area contributed by atoms with E-state index in [0.29, 0.717) is 21.8 Å². The molecule has 1 aromatic carbocycles. The molecule has 8 heteroatoms. The number of hydrogen-bond acceptors (Lipinski definition) is 6. The lowest BCUT2D eigenvalue weighted by molar-refractivity contribution is -0.118. The highest BCUT2D eigenvalue weighted by atomic mass is 32.2. The highest BCUT2D eigenvalue weighted by Gasteiger charge is 2.09. The van der Waals surface area contributed by atoms with Crippen LogP contribution in [0.3, 0.4) is 0 Å². The van der Waals surface area contributed by atoms with E-state index in [1.807, 2.05) is 30.3 Å². The fourth-order valence-electron chi connectivity index (χ4n) is 1.78. The molecule has 1 aromatic heterocycles. The number of aromatic nitrogens is 2. The molecule has 0 aliphatic heterocycles. The Bertz CT molecular complexity index is 716. The minimum atomic E-state index is -0.270. The molecule has 0 saturated heterocycles. The third-order valence-electron chi connectivity index (χ3n) is 3.04. The van der Waals surface area contributed by atoms with Gasteiger partial charge >= 0.3 is 0 Å². The van der Waals surface area contributed by atoms with Crippen LogP contribution in [-0.4, -0.2) is 34.3 Å². The molecule has 2 rings (SSSR count). The Morgan fingerprint density at radius 3 is 2.80 bits per heavy atom. The lowest BCUT2D eigenvalue weighted by atomic mass is 10.2. The van der Waals surface area contributed by atoms with E-state index in [-0.39, 0.29) is 11.8 Å². The third-order valence-corrected chi connectivity index (χ3v) is 5.01. The molecule has 2 aromatic rings. The van der Waals surface area contributed by atoms with Gasteiger partial charge in [-0.2, -0.15) is 0 Å². The molecule has 6 nitrogen and oxygen atoms in total. The lowest BCUT2D eigenvalue weighted by Crippen LogP contribution is -2.25. The van der Waals surface area contributed by atoms with Crippen molar-refractivity contribution in [3.8, 4) is 0 Å². The maximum absolute atomic E-state index is 11.9. The number of rotatable bonds is 9. The zero-order valence-electron chi connectivity index (χ0n) is 13.9. The fraction of sp³-hybridized carbons (Fsp3) is 0.294. The summed E-state index contributed by atoms with van der Waals surface area (Å²) in [5.74, 6) is -0.000824. The summed E-state index contributed by atoms with van der Waals surface area (Å²) >= 11 is 2.56. The normalized spacial score (nSPS) is 10.8. The van der Waals surface area contributed by atoms with E-state index < -0.39 is 0 Å². The highest BCUT2D eigenvalue weighted by Crippen LogP contribution is 2.25. The summed E-state index contributed by atoms with van der Waals surface area (Å²) in [6.45, 7) is 2.77. The summed E-state index contributed by atoms with van der Waals surface area (Å²) in [5.41, 5.74) is 0.945. The van der Waals surface area contributed by atoms with Gasteiger partial charge in [-0.1, -0.05) is 66.8 Å². The number of anilines is 1. The van der Waals surface area contributed by atoms with Crippen molar-refractivity contribution in [2.24, 2.45) is 0 Å². The minimum absolute atomic E-state index is 0.0231. The van der Waals surface area contributed by atoms with Gasteiger partial charge in [-0.3, -0.25) is 14.9 Å². The van der Waals surface area contributed by atoms with Gasteiger partial charge < -0.3 is 5.32 Å². The first-order chi connectivity index (χ1) is 12.2. The zero-order chi connectivity index (χ0) is 17.9. The summed E-state index contributed by atoms with van der Waals surface area (Å²) in [6.07, 6.45) is 5.20. The van der Waals surface area contributed by atoms with E-state index in [1.165, 1.54) is 29.2 Å². The molecule has 0 radical (unpaired) electrons.